The van der Waals surface area contributed by atoms with Gasteiger partial charge in [0.05, 0.1) is 10.8 Å². The van der Waals surface area contributed by atoms with E-state index < -0.39 is 21.9 Å². The van der Waals surface area contributed by atoms with Crippen molar-refractivity contribution in [3.05, 3.63) is 60.2 Å². The molecule has 26 heavy (non-hydrogen) atoms. The van der Waals surface area contributed by atoms with Crippen LogP contribution < -0.4 is 4.74 Å². The summed E-state index contributed by atoms with van der Waals surface area (Å²) in [7, 11) is -3.71. The second-order valence-corrected chi connectivity index (χ2v) is 8.43. The molecule has 1 fully saturated rings. The molecule has 0 amide bonds. The smallest absolute Gasteiger partial charge is 0.308 e. The van der Waals surface area contributed by atoms with Crippen molar-refractivity contribution in [3.63, 3.8) is 0 Å². The highest BCUT2D eigenvalue weighted by molar-refractivity contribution is 7.89. The number of carboxylic acids is 1. The summed E-state index contributed by atoms with van der Waals surface area (Å²) < 4.78 is 32.4. The van der Waals surface area contributed by atoms with Gasteiger partial charge in [-0.15, -0.1) is 0 Å². The second kappa shape index (κ2) is 7.47. The minimum atomic E-state index is -3.71. The molecule has 6 nitrogen and oxygen atoms in total. The summed E-state index contributed by atoms with van der Waals surface area (Å²) in [5.41, 5.74) is 1.02. The van der Waals surface area contributed by atoms with Gasteiger partial charge >= 0.3 is 5.97 Å². The van der Waals surface area contributed by atoms with Crippen LogP contribution in [-0.2, 0) is 21.4 Å². The van der Waals surface area contributed by atoms with Crippen LogP contribution in [0.5, 0.6) is 5.75 Å². The molecule has 1 aliphatic heterocycles. The minimum Gasteiger partial charge on any atom is -0.489 e. The zero-order valence-corrected chi connectivity index (χ0v) is 15.2. The summed E-state index contributed by atoms with van der Waals surface area (Å²) in [6.45, 7) is 2.38. The predicted octanol–water partition coefficient (Wildman–Crippen LogP) is 2.61. The first-order chi connectivity index (χ1) is 12.4. The summed E-state index contributed by atoms with van der Waals surface area (Å²) in [5, 5.41) is 9.19. The van der Waals surface area contributed by atoms with E-state index in [2.05, 4.69) is 0 Å². The van der Waals surface area contributed by atoms with Crippen LogP contribution in [0.4, 0.5) is 0 Å². The van der Waals surface area contributed by atoms with Gasteiger partial charge in [-0.2, -0.15) is 4.31 Å². The Kier molecular flexibility index (Phi) is 5.29. The predicted molar refractivity (Wildman–Crippen MR) is 96.3 cm³/mol. The molecule has 0 aliphatic carbocycles. The number of hydrogen-bond donors (Lipinski definition) is 1. The molecule has 0 bridgehead atoms. The number of rotatable bonds is 6. The van der Waals surface area contributed by atoms with Gasteiger partial charge in [0.25, 0.3) is 0 Å². The van der Waals surface area contributed by atoms with Crippen LogP contribution in [0, 0.1) is 11.8 Å². The highest BCUT2D eigenvalue weighted by Crippen LogP contribution is 2.29. The summed E-state index contributed by atoms with van der Waals surface area (Å²) in [6, 6.07) is 15.9. The highest BCUT2D eigenvalue weighted by Gasteiger charge is 2.40. The van der Waals surface area contributed by atoms with Crippen LogP contribution >= 0.6 is 0 Å². The Morgan fingerprint density at radius 1 is 1.12 bits per heavy atom. The summed E-state index contributed by atoms with van der Waals surface area (Å²) in [4.78, 5) is 11.4. The van der Waals surface area contributed by atoms with Gasteiger partial charge in [-0.25, -0.2) is 8.42 Å². The molecule has 2 aromatic carbocycles. The van der Waals surface area contributed by atoms with E-state index in [-0.39, 0.29) is 23.9 Å². The largest absolute Gasteiger partial charge is 0.489 e. The van der Waals surface area contributed by atoms with E-state index in [9.17, 15) is 18.3 Å². The fourth-order valence-electron chi connectivity index (χ4n) is 3.04. The lowest BCUT2D eigenvalue weighted by Gasteiger charge is -2.16. The van der Waals surface area contributed by atoms with Crippen molar-refractivity contribution in [2.45, 2.75) is 18.4 Å². The molecule has 1 N–H and O–H groups in total. The zero-order chi connectivity index (χ0) is 18.7. The van der Waals surface area contributed by atoms with Crippen LogP contribution in [0.1, 0.15) is 12.5 Å². The van der Waals surface area contributed by atoms with E-state index in [1.807, 2.05) is 30.3 Å². The molecule has 3 rings (SSSR count). The van der Waals surface area contributed by atoms with E-state index in [1.165, 1.54) is 16.4 Å². The van der Waals surface area contributed by atoms with Crippen molar-refractivity contribution in [2.75, 3.05) is 13.1 Å². The topological polar surface area (TPSA) is 83.9 Å². The van der Waals surface area contributed by atoms with Crippen LogP contribution in [0.25, 0.3) is 0 Å². The molecule has 1 heterocycles. The van der Waals surface area contributed by atoms with Crippen molar-refractivity contribution in [3.8, 4) is 5.75 Å². The molecule has 0 unspecified atom stereocenters. The van der Waals surface area contributed by atoms with Crippen molar-refractivity contribution < 1.29 is 23.1 Å². The van der Waals surface area contributed by atoms with Crippen molar-refractivity contribution >= 4 is 16.0 Å². The molecule has 138 valence electrons. The molecule has 2 atom stereocenters. The minimum absolute atomic E-state index is 0.00505. The fourth-order valence-corrected chi connectivity index (χ4v) is 4.60. The molecule has 0 aromatic heterocycles. The maximum atomic E-state index is 12.7. The first kappa shape index (κ1) is 18.4. The SMILES string of the molecule is C[C@@H]1CN(S(=O)(=O)c2ccc(OCc3ccccc3)cc2)C[C@H]1C(=O)O. The first-order valence-corrected chi connectivity index (χ1v) is 9.81. The number of carbonyl (C=O) groups is 1. The average molecular weight is 375 g/mol. The normalized spacial score (nSPS) is 20.8. The number of benzene rings is 2. The van der Waals surface area contributed by atoms with E-state index in [1.54, 1.807) is 19.1 Å². The second-order valence-electron chi connectivity index (χ2n) is 6.49. The van der Waals surface area contributed by atoms with E-state index >= 15 is 0 Å². The lowest BCUT2D eigenvalue weighted by atomic mass is 9.99. The van der Waals surface area contributed by atoms with Crippen molar-refractivity contribution in [2.24, 2.45) is 11.8 Å². The average Bonchev–Trinajstić information content (AvgIpc) is 3.04. The van der Waals surface area contributed by atoms with E-state index in [4.69, 9.17) is 4.74 Å². The summed E-state index contributed by atoms with van der Waals surface area (Å²) >= 11 is 0. The molecule has 2 aromatic rings. The van der Waals surface area contributed by atoms with Gasteiger partial charge in [0.15, 0.2) is 0 Å². The summed E-state index contributed by atoms with van der Waals surface area (Å²) in [6.07, 6.45) is 0. The van der Waals surface area contributed by atoms with Crippen LogP contribution in [0.2, 0.25) is 0 Å². The monoisotopic (exact) mass is 375 g/mol. The number of ether oxygens (including phenoxy) is 1. The number of carboxylic acid groups (broad SMARTS) is 1. The fraction of sp³-hybridized carbons (Fsp3) is 0.316. The molecular formula is C19H21NO5S. The lowest BCUT2D eigenvalue weighted by Crippen LogP contribution is -2.30. The van der Waals surface area contributed by atoms with Crippen molar-refractivity contribution in [1.82, 2.24) is 4.31 Å². The molecule has 0 radical (unpaired) electrons. The highest BCUT2D eigenvalue weighted by atomic mass is 32.2. The molecule has 1 saturated heterocycles. The Bertz CT molecular complexity index is 865. The van der Waals surface area contributed by atoms with Gasteiger partial charge in [0.1, 0.15) is 12.4 Å². The number of sulfonamides is 1. The molecule has 7 heteroatoms. The molecular weight excluding hydrogens is 354 g/mol. The molecule has 0 spiro atoms. The number of nitrogens with zero attached hydrogens (tertiary/aromatic N) is 1. The maximum absolute atomic E-state index is 12.7. The van der Waals surface area contributed by atoms with Gasteiger partial charge in [-0.1, -0.05) is 37.3 Å². The standard InChI is InChI=1S/C19H21NO5S/c1-14-11-20(12-18(14)19(21)22)26(23,24)17-9-7-16(8-10-17)25-13-15-5-3-2-4-6-15/h2-10,14,18H,11-13H2,1H3,(H,21,22)/t14-,18-/m1/s1. The Hall–Kier alpha value is -2.38. The first-order valence-electron chi connectivity index (χ1n) is 8.37. The maximum Gasteiger partial charge on any atom is 0.308 e. The molecule has 1 aliphatic rings. The Morgan fingerprint density at radius 2 is 1.77 bits per heavy atom. The third-order valence-electron chi connectivity index (χ3n) is 4.61. The molecule has 0 saturated carbocycles. The van der Waals surface area contributed by atoms with Crippen LogP contribution in [0.3, 0.4) is 0 Å². The number of hydrogen-bond acceptors (Lipinski definition) is 4. The van der Waals surface area contributed by atoms with Gasteiger partial charge in [-0.3, -0.25) is 4.79 Å². The van der Waals surface area contributed by atoms with E-state index in [0.29, 0.717) is 12.4 Å². The van der Waals surface area contributed by atoms with Crippen LogP contribution in [0.15, 0.2) is 59.5 Å². The van der Waals surface area contributed by atoms with Crippen molar-refractivity contribution in [1.29, 1.82) is 0 Å². The Labute approximate surface area is 153 Å². The quantitative estimate of drug-likeness (QED) is 0.839. The van der Waals surface area contributed by atoms with E-state index in [0.717, 1.165) is 5.56 Å². The number of aliphatic carboxylic acids is 1. The van der Waals surface area contributed by atoms with Gasteiger partial charge < -0.3 is 9.84 Å². The van der Waals surface area contributed by atoms with Gasteiger partial charge in [0.2, 0.25) is 10.0 Å². The van der Waals surface area contributed by atoms with Gasteiger partial charge in [-0.05, 0) is 35.7 Å². The third kappa shape index (κ3) is 3.89. The lowest BCUT2D eigenvalue weighted by molar-refractivity contribution is -0.142. The zero-order valence-electron chi connectivity index (χ0n) is 14.4. The summed E-state index contributed by atoms with van der Waals surface area (Å²) in [5.74, 6) is -1.26. The van der Waals surface area contributed by atoms with Crippen LogP contribution in [-0.4, -0.2) is 36.9 Å². The van der Waals surface area contributed by atoms with Gasteiger partial charge in [0, 0.05) is 13.1 Å². The Balaban J connectivity index is 1.68. The third-order valence-corrected chi connectivity index (χ3v) is 6.45. The Morgan fingerprint density at radius 3 is 2.35 bits per heavy atom.